The zero-order valence-electron chi connectivity index (χ0n) is 11.0. The standard InChI is InChI=1S/C13H15ClN2O4/c1-8-4-5-15(12(8)7-17)13(18)10-3-2-9(16(19)20)6-11(10)14/h2-3,6,8,12,17H,4-5,7H2,1H3. The normalized spacial score (nSPS) is 22.1. The van der Waals surface area contributed by atoms with Crippen molar-refractivity contribution in [3.63, 3.8) is 0 Å². The van der Waals surface area contributed by atoms with E-state index in [1.54, 1.807) is 4.90 Å². The Labute approximate surface area is 121 Å². The van der Waals surface area contributed by atoms with E-state index < -0.39 is 4.92 Å². The molecule has 2 unspecified atom stereocenters. The highest BCUT2D eigenvalue weighted by Gasteiger charge is 2.35. The Bertz CT molecular complexity index is 549. The number of likely N-dealkylation sites (tertiary alicyclic amines) is 1. The molecule has 1 fully saturated rings. The average Bonchev–Trinajstić information content (AvgIpc) is 2.78. The third-order valence-electron chi connectivity index (χ3n) is 3.72. The number of hydrogen-bond acceptors (Lipinski definition) is 4. The third-order valence-corrected chi connectivity index (χ3v) is 4.04. The Morgan fingerprint density at radius 3 is 2.85 bits per heavy atom. The number of rotatable bonds is 3. The maximum absolute atomic E-state index is 12.4. The van der Waals surface area contributed by atoms with Gasteiger partial charge in [0, 0.05) is 18.7 Å². The molecular weight excluding hydrogens is 284 g/mol. The summed E-state index contributed by atoms with van der Waals surface area (Å²) in [4.78, 5) is 24.1. The summed E-state index contributed by atoms with van der Waals surface area (Å²) in [5, 5.41) is 20.1. The molecule has 2 atom stereocenters. The minimum Gasteiger partial charge on any atom is -0.394 e. The lowest BCUT2D eigenvalue weighted by atomic mass is 10.0. The summed E-state index contributed by atoms with van der Waals surface area (Å²) in [6.45, 7) is 2.43. The van der Waals surface area contributed by atoms with Crippen LogP contribution in [0.25, 0.3) is 0 Å². The second-order valence-corrected chi connectivity index (χ2v) is 5.34. The van der Waals surface area contributed by atoms with Gasteiger partial charge in [0.1, 0.15) is 0 Å². The summed E-state index contributed by atoms with van der Waals surface area (Å²) in [5.74, 6) is -0.0749. The van der Waals surface area contributed by atoms with Gasteiger partial charge in [-0.05, 0) is 18.4 Å². The van der Waals surface area contributed by atoms with Crippen LogP contribution in [0.2, 0.25) is 5.02 Å². The molecule has 0 radical (unpaired) electrons. The van der Waals surface area contributed by atoms with Gasteiger partial charge in [-0.25, -0.2) is 0 Å². The van der Waals surface area contributed by atoms with Gasteiger partial charge in [-0.3, -0.25) is 14.9 Å². The number of non-ortho nitro benzene ring substituents is 1. The first-order valence-electron chi connectivity index (χ1n) is 6.31. The van der Waals surface area contributed by atoms with Crippen molar-refractivity contribution in [3.05, 3.63) is 38.9 Å². The van der Waals surface area contributed by atoms with Gasteiger partial charge in [0.2, 0.25) is 0 Å². The van der Waals surface area contributed by atoms with E-state index in [2.05, 4.69) is 0 Å². The van der Waals surface area contributed by atoms with Crippen molar-refractivity contribution in [2.45, 2.75) is 19.4 Å². The first-order chi connectivity index (χ1) is 9.45. The molecule has 6 nitrogen and oxygen atoms in total. The molecule has 0 aliphatic carbocycles. The summed E-state index contributed by atoms with van der Waals surface area (Å²) in [6, 6.07) is 3.56. The van der Waals surface area contributed by atoms with Crippen molar-refractivity contribution in [1.29, 1.82) is 0 Å². The number of nitrogens with zero attached hydrogens (tertiary/aromatic N) is 2. The molecule has 7 heteroatoms. The van der Waals surface area contributed by atoms with Crippen molar-refractivity contribution < 1.29 is 14.8 Å². The maximum atomic E-state index is 12.4. The minimum atomic E-state index is -0.561. The quantitative estimate of drug-likeness (QED) is 0.684. The number of carbonyl (C=O) groups is 1. The molecular formula is C13H15ClN2O4. The van der Waals surface area contributed by atoms with Crippen LogP contribution >= 0.6 is 11.6 Å². The van der Waals surface area contributed by atoms with Crippen LogP contribution in [0.3, 0.4) is 0 Å². The zero-order chi connectivity index (χ0) is 14.9. The number of benzene rings is 1. The summed E-state index contributed by atoms with van der Waals surface area (Å²) < 4.78 is 0. The number of nitro groups is 1. The van der Waals surface area contributed by atoms with E-state index in [0.29, 0.717) is 6.54 Å². The number of amides is 1. The van der Waals surface area contributed by atoms with Gasteiger partial charge >= 0.3 is 0 Å². The number of aliphatic hydroxyl groups excluding tert-OH is 1. The van der Waals surface area contributed by atoms with Gasteiger partial charge in [0.25, 0.3) is 11.6 Å². The molecule has 1 aromatic rings. The monoisotopic (exact) mass is 298 g/mol. The Balaban J connectivity index is 2.28. The predicted molar refractivity (Wildman–Crippen MR) is 73.8 cm³/mol. The highest BCUT2D eigenvalue weighted by Crippen LogP contribution is 2.29. The molecule has 0 aromatic heterocycles. The van der Waals surface area contributed by atoms with Crippen LogP contribution < -0.4 is 0 Å². The molecule has 1 aromatic carbocycles. The number of carbonyl (C=O) groups excluding carboxylic acids is 1. The van der Waals surface area contributed by atoms with E-state index in [4.69, 9.17) is 11.6 Å². The Morgan fingerprint density at radius 2 is 2.30 bits per heavy atom. The second kappa shape index (κ2) is 5.76. The fourth-order valence-corrected chi connectivity index (χ4v) is 2.74. The number of nitro benzene ring substituents is 1. The van der Waals surface area contributed by atoms with Crippen LogP contribution in [0, 0.1) is 16.0 Å². The summed E-state index contributed by atoms with van der Waals surface area (Å²) >= 11 is 5.96. The smallest absolute Gasteiger partial charge is 0.270 e. The molecule has 0 bridgehead atoms. The second-order valence-electron chi connectivity index (χ2n) is 4.94. The van der Waals surface area contributed by atoms with Gasteiger partial charge in [-0.1, -0.05) is 18.5 Å². The summed E-state index contributed by atoms with van der Waals surface area (Å²) in [6.07, 6.45) is 0.821. The molecule has 1 N–H and O–H groups in total. The highest BCUT2D eigenvalue weighted by atomic mass is 35.5. The molecule has 1 aliphatic rings. The van der Waals surface area contributed by atoms with Gasteiger partial charge in [-0.15, -0.1) is 0 Å². The molecule has 1 aliphatic heterocycles. The molecule has 1 heterocycles. The minimum absolute atomic E-state index is 0.0560. The lowest BCUT2D eigenvalue weighted by Crippen LogP contribution is -2.39. The molecule has 1 amide bonds. The number of halogens is 1. The molecule has 1 saturated heterocycles. The summed E-state index contributed by atoms with van der Waals surface area (Å²) in [7, 11) is 0. The van der Waals surface area contributed by atoms with Crippen molar-refractivity contribution in [2.75, 3.05) is 13.2 Å². The fraction of sp³-hybridized carbons (Fsp3) is 0.462. The lowest BCUT2D eigenvalue weighted by molar-refractivity contribution is -0.384. The predicted octanol–water partition coefficient (Wildman–Crippen LogP) is 2.09. The van der Waals surface area contributed by atoms with Crippen LogP contribution in [0.5, 0.6) is 0 Å². The van der Waals surface area contributed by atoms with Gasteiger partial charge in [-0.2, -0.15) is 0 Å². The van der Waals surface area contributed by atoms with Crippen LogP contribution in [-0.2, 0) is 0 Å². The third kappa shape index (κ3) is 2.62. The van der Waals surface area contributed by atoms with Crippen LogP contribution in [0.15, 0.2) is 18.2 Å². The van der Waals surface area contributed by atoms with Gasteiger partial charge < -0.3 is 10.0 Å². The Kier molecular flexibility index (Phi) is 4.25. The molecule has 108 valence electrons. The van der Waals surface area contributed by atoms with Crippen molar-refractivity contribution >= 4 is 23.2 Å². The maximum Gasteiger partial charge on any atom is 0.270 e. The van der Waals surface area contributed by atoms with E-state index in [1.807, 2.05) is 6.92 Å². The van der Waals surface area contributed by atoms with Crippen molar-refractivity contribution in [1.82, 2.24) is 4.90 Å². The first kappa shape index (κ1) is 14.7. The first-order valence-corrected chi connectivity index (χ1v) is 6.69. The topological polar surface area (TPSA) is 83.7 Å². The van der Waals surface area contributed by atoms with Crippen molar-refractivity contribution in [2.24, 2.45) is 5.92 Å². The SMILES string of the molecule is CC1CCN(C(=O)c2ccc([N+](=O)[O-])cc2Cl)C1CO. The molecule has 0 spiro atoms. The van der Waals surface area contributed by atoms with E-state index in [-0.39, 0.29) is 40.7 Å². The number of aliphatic hydroxyl groups is 1. The Morgan fingerprint density at radius 1 is 1.60 bits per heavy atom. The number of hydrogen-bond donors (Lipinski definition) is 1. The van der Waals surface area contributed by atoms with E-state index in [9.17, 15) is 20.0 Å². The largest absolute Gasteiger partial charge is 0.394 e. The molecule has 2 rings (SSSR count). The lowest BCUT2D eigenvalue weighted by Gasteiger charge is -2.25. The van der Waals surface area contributed by atoms with Gasteiger partial charge in [0.15, 0.2) is 0 Å². The summed E-state index contributed by atoms with van der Waals surface area (Å²) in [5.41, 5.74) is 0.0739. The van der Waals surface area contributed by atoms with Gasteiger partial charge in [0.05, 0.1) is 28.2 Å². The van der Waals surface area contributed by atoms with Crippen LogP contribution in [0.4, 0.5) is 5.69 Å². The fourth-order valence-electron chi connectivity index (χ4n) is 2.48. The Hall–Kier alpha value is -1.66. The van der Waals surface area contributed by atoms with E-state index >= 15 is 0 Å². The zero-order valence-corrected chi connectivity index (χ0v) is 11.7. The molecule has 20 heavy (non-hydrogen) atoms. The van der Waals surface area contributed by atoms with Crippen LogP contribution in [0.1, 0.15) is 23.7 Å². The van der Waals surface area contributed by atoms with Crippen molar-refractivity contribution in [3.8, 4) is 0 Å². The van der Waals surface area contributed by atoms with Crippen LogP contribution in [-0.4, -0.2) is 40.0 Å². The van der Waals surface area contributed by atoms with E-state index in [0.717, 1.165) is 6.42 Å². The highest BCUT2D eigenvalue weighted by molar-refractivity contribution is 6.34. The molecule has 0 saturated carbocycles. The average molecular weight is 299 g/mol. The van der Waals surface area contributed by atoms with E-state index in [1.165, 1.54) is 18.2 Å².